The highest BCUT2D eigenvalue weighted by atomic mass is 19.1. The predicted molar refractivity (Wildman–Crippen MR) is 120 cm³/mol. The van der Waals surface area contributed by atoms with Crippen molar-refractivity contribution in [2.24, 2.45) is 0 Å². The van der Waals surface area contributed by atoms with Crippen molar-refractivity contribution in [3.8, 4) is 23.0 Å². The number of hydrogen-bond donors (Lipinski definition) is 0. The molecule has 0 spiro atoms. The van der Waals surface area contributed by atoms with Crippen LogP contribution in [-0.4, -0.2) is 0 Å². The van der Waals surface area contributed by atoms with Crippen molar-refractivity contribution in [3.63, 3.8) is 0 Å². The molecule has 4 aromatic rings. The van der Waals surface area contributed by atoms with E-state index in [1.54, 1.807) is 12.1 Å². The summed E-state index contributed by atoms with van der Waals surface area (Å²) in [6.45, 7) is 3.70. The molecule has 4 rings (SSSR count). The van der Waals surface area contributed by atoms with Crippen molar-refractivity contribution in [2.75, 3.05) is 0 Å². The first-order valence-electron chi connectivity index (χ1n) is 9.83. The Hall–Kier alpha value is -3.70. The van der Waals surface area contributed by atoms with Gasteiger partial charge in [0.05, 0.1) is 0 Å². The van der Waals surface area contributed by atoms with Crippen molar-refractivity contribution in [2.45, 2.75) is 12.8 Å². The molecular formula is C28H20F2. The molecule has 0 saturated carbocycles. The predicted octanol–water partition coefficient (Wildman–Crippen LogP) is 7.30. The number of benzene rings is 4. The molecule has 146 valence electrons. The van der Waals surface area contributed by atoms with Crippen LogP contribution in [0, 0.1) is 23.5 Å². The monoisotopic (exact) mass is 394 g/mol. The van der Waals surface area contributed by atoms with Gasteiger partial charge >= 0.3 is 0 Å². The van der Waals surface area contributed by atoms with Crippen LogP contribution < -0.4 is 0 Å². The second kappa shape index (κ2) is 8.76. The third-order valence-electron chi connectivity index (χ3n) is 5.02. The van der Waals surface area contributed by atoms with Crippen LogP contribution in [0.2, 0.25) is 0 Å². The molecule has 0 heterocycles. The molecule has 0 fully saturated rings. The lowest BCUT2D eigenvalue weighted by molar-refractivity contribution is 0.628. The molecule has 30 heavy (non-hydrogen) atoms. The molecule has 0 unspecified atom stereocenters. The molecule has 0 bridgehead atoms. The maximum Gasteiger partial charge on any atom is 0.131 e. The summed E-state index contributed by atoms with van der Waals surface area (Å²) in [5.41, 5.74) is 4.08. The highest BCUT2D eigenvalue weighted by molar-refractivity contribution is 5.84. The zero-order valence-electron chi connectivity index (χ0n) is 16.5. The summed E-state index contributed by atoms with van der Waals surface area (Å²) in [6.07, 6.45) is 3.46. The normalized spacial score (nSPS) is 10.5. The molecule has 0 radical (unpaired) electrons. The molecule has 0 atom stereocenters. The zero-order chi connectivity index (χ0) is 20.9. The van der Waals surface area contributed by atoms with Crippen molar-refractivity contribution < 1.29 is 8.78 Å². The number of halogens is 2. The number of rotatable bonds is 4. The Morgan fingerprint density at radius 2 is 1.43 bits per heavy atom. The minimum Gasteiger partial charge on any atom is -0.207 e. The Morgan fingerprint density at radius 3 is 2.20 bits per heavy atom. The number of aryl methyl sites for hydroxylation is 1. The first-order chi connectivity index (χ1) is 14.6. The first kappa shape index (κ1) is 19.6. The summed E-state index contributed by atoms with van der Waals surface area (Å²) in [5, 5.41) is 1.80. The smallest absolute Gasteiger partial charge is 0.131 e. The van der Waals surface area contributed by atoms with E-state index in [9.17, 15) is 8.78 Å². The van der Waals surface area contributed by atoms with Crippen molar-refractivity contribution in [1.29, 1.82) is 0 Å². The molecule has 0 aromatic heterocycles. The topological polar surface area (TPSA) is 0 Å². The van der Waals surface area contributed by atoms with Gasteiger partial charge in [0.25, 0.3) is 0 Å². The van der Waals surface area contributed by atoms with Crippen molar-refractivity contribution >= 4 is 10.8 Å². The van der Waals surface area contributed by atoms with E-state index in [0.29, 0.717) is 5.56 Å². The molecular weight excluding hydrogens is 374 g/mol. The van der Waals surface area contributed by atoms with E-state index in [2.05, 4.69) is 18.4 Å². The highest BCUT2D eigenvalue weighted by Gasteiger charge is 2.06. The van der Waals surface area contributed by atoms with Crippen LogP contribution in [0.3, 0.4) is 0 Å². The molecule has 0 aliphatic carbocycles. The minimum atomic E-state index is -0.246. The van der Waals surface area contributed by atoms with Gasteiger partial charge in [-0.05, 0) is 77.2 Å². The van der Waals surface area contributed by atoms with Crippen LogP contribution in [0.15, 0.2) is 91.5 Å². The lowest BCUT2D eigenvalue weighted by atomic mass is 10.00. The number of fused-ring (bicyclic) bond motifs is 1. The summed E-state index contributed by atoms with van der Waals surface area (Å²) in [5.74, 6) is 5.81. The summed E-state index contributed by atoms with van der Waals surface area (Å²) >= 11 is 0. The van der Waals surface area contributed by atoms with Crippen molar-refractivity contribution in [1.82, 2.24) is 0 Å². The number of hydrogen-bond acceptors (Lipinski definition) is 0. The standard InChI is InChI=1S/C28H20F2/c1-2-3-4-21-10-16-27(28(30)18-21)23-11-7-20(8-12-23)5-6-22-9-13-25-19-26(29)15-14-24(25)17-22/h2,7-19H,1,3-4H2. The Bertz CT molecular complexity index is 1270. The van der Waals surface area contributed by atoms with Gasteiger partial charge in [0.2, 0.25) is 0 Å². The van der Waals surface area contributed by atoms with Gasteiger partial charge in [0, 0.05) is 16.7 Å². The van der Waals surface area contributed by atoms with Gasteiger partial charge in [-0.15, -0.1) is 6.58 Å². The molecule has 0 aliphatic heterocycles. The molecule has 4 aromatic carbocycles. The van der Waals surface area contributed by atoms with Crippen LogP contribution in [-0.2, 0) is 6.42 Å². The van der Waals surface area contributed by atoms with Crippen molar-refractivity contribution in [3.05, 3.63) is 120 Å². The average molecular weight is 394 g/mol. The molecule has 0 amide bonds. The zero-order valence-corrected chi connectivity index (χ0v) is 16.5. The quantitative estimate of drug-likeness (QED) is 0.252. The van der Waals surface area contributed by atoms with E-state index < -0.39 is 0 Å². The van der Waals surface area contributed by atoms with Gasteiger partial charge in [-0.25, -0.2) is 8.78 Å². The van der Waals surface area contributed by atoms with E-state index in [-0.39, 0.29) is 11.6 Å². The van der Waals surface area contributed by atoms with E-state index in [0.717, 1.165) is 45.9 Å². The summed E-state index contributed by atoms with van der Waals surface area (Å²) in [7, 11) is 0. The summed E-state index contributed by atoms with van der Waals surface area (Å²) in [4.78, 5) is 0. The maximum absolute atomic E-state index is 14.5. The second-order valence-electron chi connectivity index (χ2n) is 7.18. The molecule has 0 nitrogen and oxygen atoms in total. The van der Waals surface area contributed by atoms with Gasteiger partial charge in [0.1, 0.15) is 11.6 Å². The second-order valence-corrected chi connectivity index (χ2v) is 7.18. The fraction of sp³-hybridized carbons (Fsp3) is 0.0714. The van der Waals surface area contributed by atoms with Crippen LogP contribution in [0.5, 0.6) is 0 Å². The van der Waals surface area contributed by atoms with Gasteiger partial charge in [-0.2, -0.15) is 0 Å². The van der Waals surface area contributed by atoms with E-state index in [1.165, 1.54) is 12.1 Å². The lowest BCUT2D eigenvalue weighted by Crippen LogP contribution is -1.89. The average Bonchev–Trinajstić information content (AvgIpc) is 2.77. The van der Waals surface area contributed by atoms with Crippen LogP contribution in [0.4, 0.5) is 8.78 Å². The van der Waals surface area contributed by atoms with Crippen LogP contribution in [0.25, 0.3) is 21.9 Å². The minimum absolute atomic E-state index is 0.219. The third kappa shape index (κ3) is 4.47. The largest absolute Gasteiger partial charge is 0.207 e. The van der Waals surface area contributed by atoms with Gasteiger partial charge in [0.15, 0.2) is 0 Å². The van der Waals surface area contributed by atoms with Gasteiger partial charge in [-0.3, -0.25) is 0 Å². The van der Waals surface area contributed by atoms with E-state index in [4.69, 9.17) is 0 Å². The fourth-order valence-electron chi connectivity index (χ4n) is 3.39. The van der Waals surface area contributed by atoms with Crippen LogP contribution >= 0.6 is 0 Å². The third-order valence-corrected chi connectivity index (χ3v) is 5.02. The SMILES string of the molecule is C=CCCc1ccc(-c2ccc(C#Cc3ccc4cc(F)ccc4c3)cc2)c(F)c1. The Balaban J connectivity index is 1.53. The van der Waals surface area contributed by atoms with E-state index >= 15 is 0 Å². The summed E-state index contributed by atoms with van der Waals surface area (Å²) in [6, 6.07) is 23.3. The van der Waals surface area contributed by atoms with Crippen LogP contribution in [0.1, 0.15) is 23.1 Å². The maximum atomic E-state index is 14.5. The molecule has 0 aliphatic rings. The lowest BCUT2D eigenvalue weighted by Gasteiger charge is -2.06. The Morgan fingerprint density at radius 1 is 0.733 bits per heavy atom. The Labute approximate surface area is 175 Å². The molecule has 0 saturated heterocycles. The molecule has 2 heteroatoms. The summed E-state index contributed by atoms with van der Waals surface area (Å²) < 4.78 is 27.8. The van der Waals surface area contributed by atoms with Gasteiger partial charge < -0.3 is 0 Å². The van der Waals surface area contributed by atoms with E-state index in [1.807, 2.05) is 60.7 Å². The number of allylic oxidation sites excluding steroid dienone is 1. The fourth-order valence-corrected chi connectivity index (χ4v) is 3.39. The highest BCUT2D eigenvalue weighted by Crippen LogP contribution is 2.24. The molecule has 0 N–H and O–H groups in total. The van der Waals surface area contributed by atoms with Gasteiger partial charge in [-0.1, -0.05) is 54.3 Å². The first-order valence-corrected chi connectivity index (χ1v) is 9.83. The Kier molecular flexibility index (Phi) is 5.72.